The first kappa shape index (κ1) is 25.4. The third-order valence-corrected chi connectivity index (χ3v) is 8.81. The fraction of sp³-hybridized carbons (Fsp3) is 0.167. The van der Waals surface area contributed by atoms with Gasteiger partial charge in [-0.15, -0.1) is 0 Å². The molecule has 3 aromatic carbocycles. The molecule has 9 heteroatoms. The summed E-state index contributed by atoms with van der Waals surface area (Å²) in [6.07, 6.45) is 1.50. The number of benzene rings is 3. The van der Waals surface area contributed by atoms with Crippen molar-refractivity contribution in [1.82, 2.24) is 9.88 Å². The van der Waals surface area contributed by atoms with Crippen LogP contribution in [0.2, 0.25) is 5.02 Å². The van der Waals surface area contributed by atoms with Crippen LogP contribution in [-0.2, 0) is 9.84 Å². The predicted octanol–water partition coefficient (Wildman–Crippen LogP) is 6.33. The number of hydrogen-bond donors (Lipinski definition) is 0. The van der Waals surface area contributed by atoms with E-state index in [-0.39, 0.29) is 27.7 Å². The van der Waals surface area contributed by atoms with Crippen molar-refractivity contribution in [2.75, 3.05) is 31.1 Å². The van der Waals surface area contributed by atoms with Gasteiger partial charge >= 0.3 is 0 Å². The van der Waals surface area contributed by atoms with Crippen molar-refractivity contribution in [3.63, 3.8) is 0 Å². The van der Waals surface area contributed by atoms with Crippen LogP contribution < -0.4 is 4.90 Å². The molecular formula is C30H26ClN3O4S. The minimum atomic E-state index is -3.98. The Morgan fingerprint density at radius 1 is 0.769 bits per heavy atom. The van der Waals surface area contributed by atoms with Crippen molar-refractivity contribution in [3.05, 3.63) is 119 Å². The van der Waals surface area contributed by atoms with Crippen LogP contribution in [0, 0.1) is 0 Å². The molecule has 0 spiro atoms. The maximum absolute atomic E-state index is 13.7. The normalized spacial score (nSPS) is 14.7. The standard InChI is InChI=1S/C30H26ClN3O4S/c31-24-13-15-25(16-14-24)39(35,36)29-30(38-28(32-29)26-12-7-21-37-26)34-19-17-33(18-20-34)27(22-8-3-1-4-9-22)23-10-5-2-6-11-23/h1-16,21,27H,17-20H2. The largest absolute Gasteiger partial charge is 0.459 e. The molecule has 39 heavy (non-hydrogen) atoms. The number of rotatable bonds is 7. The Morgan fingerprint density at radius 3 is 1.95 bits per heavy atom. The van der Waals surface area contributed by atoms with Crippen molar-refractivity contribution in [2.45, 2.75) is 16.0 Å². The van der Waals surface area contributed by atoms with Crippen molar-refractivity contribution in [2.24, 2.45) is 0 Å². The number of nitrogens with zero attached hydrogens (tertiary/aromatic N) is 3. The zero-order chi connectivity index (χ0) is 26.8. The first-order valence-corrected chi connectivity index (χ1v) is 14.5. The number of oxazole rings is 1. The molecule has 1 fully saturated rings. The highest BCUT2D eigenvalue weighted by molar-refractivity contribution is 7.91. The zero-order valence-electron chi connectivity index (χ0n) is 21.0. The second-order valence-corrected chi connectivity index (χ2v) is 11.6. The Labute approximate surface area is 232 Å². The molecule has 0 radical (unpaired) electrons. The molecule has 0 atom stereocenters. The van der Waals surface area contributed by atoms with Crippen LogP contribution in [0.3, 0.4) is 0 Å². The average Bonchev–Trinajstić information content (AvgIpc) is 3.66. The summed E-state index contributed by atoms with van der Waals surface area (Å²) in [6, 6.07) is 30.4. The van der Waals surface area contributed by atoms with E-state index in [1.807, 2.05) is 17.0 Å². The van der Waals surface area contributed by atoms with Crippen LogP contribution in [0.4, 0.5) is 5.88 Å². The van der Waals surface area contributed by atoms with Gasteiger partial charge in [0.25, 0.3) is 5.89 Å². The molecule has 1 saturated heterocycles. The number of furan rings is 1. The summed E-state index contributed by atoms with van der Waals surface area (Å²) in [4.78, 5) is 8.87. The van der Waals surface area contributed by atoms with Gasteiger partial charge in [-0.3, -0.25) is 4.90 Å². The molecule has 0 amide bonds. The highest BCUT2D eigenvalue weighted by Crippen LogP contribution is 2.37. The molecule has 0 saturated carbocycles. The van der Waals surface area contributed by atoms with E-state index in [0.717, 1.165) is 0 Å². The average molecular weight is 560 g/mol. The summed E-state index contributed by atoms with van der Waals surface area (Å²) in [5.41, 5.74) is 2.42. The Kier molecular flexibility index (Phi) is 6.99. The molecule has 0 N–H and O–H groups in total. The van der Waals surface area contributed by atoms with Crippen LogP contribution in [-0.4, -0.2) is 44.5 Å². The number of halogens is 1. The third-order valence-electron chi connectivity index (χ3n) is 6.89. The van der Waals surface area contributed by atoms with Gasteiger partial charge in [-0.25, -0.2) is 8.42 Å². The molecule has 0 bridgehead atoms. The van der Waals surface area contributed by atoms with Crippen molar-refractivity contribution in [3.8, 4) is 11.7 Å². The van der Waals surface area contributed by atoms with Crippen LogP contribution in [0.5, 0.6) is 0 Å². The maximum Gasteiger partial charge on any atom is 0.266 e. The van der Waals surface area contributed by atoms with Gasteiger partial charge in [0.05, 0.1) is 17.2 Å². The van der Waals surface area contributed by atoms with E-state index < -0.39 is 9.84 Å². The summed E-state index contributed by atoms with van der Waals surface area (Å²) in [6.45, 7) is 2.52. The van der Waals surface area contributed by atoms with E-state index in [1.54, 1.807) is 24.3 Å². The summed E-state index contributed by atoms with van der Waals surface area (Å²) >= 11 is 6.01. The van der Waals surface area contributed by atoms with E-state index in [2.05, 4.69) is 58.4 Å². The number of hydrogen-bond acceptors (Lipinski definition) is 7. The van der Waals surface area contributed by atoms with E-state index in [9.17, 15) is 8.42 Å². The highest BCUT2D eigenvalue weighted by Gasteiger charge is 2.34. The van der Waals surface area contributed by atoms with Crippen LogP contribution in [0.25, 0.3) is 11.7 Å². The fourth-order valence-electron chi connectivity index (χ4n) is 4.97. The number of anilines is 1. The van der Waals surface area contributed by atoms with Crippen molar-refractivity contribution >= 4 is 27.3 Å². The first-order valence-electron chi connectivity index (χ1n) is 12.6. The quantitative estimate of drug-likeness (QED) is 0.230. The summed E-state index contributed by atoms with van der Waals surface area (Å²) in [7, 11) is -3.98. The van der Waals surface area contributed by atoms with E-state index in [4.69, 9.17) is 20.4 Å². The highest BCUT2D eigenvalue weighted by atomic mass is 35.5. The third kappa shape index (κ3) is 5.11. The topological polar surface area (TPSA) is 79.8 Å². The lowest BCUT2D eigenvalue weighted by Gasteiger charge is -2.39. The molecule has 2 aromatic heterocycles. The molecule has 1 aliphatic rings. The second kappa shape index (κ2) is 10.7. The van der Waals surface area contributed by atoms with Crippen LogP contribution in [0.1, 0.15) is 17.2 Å². The van der Waals surface area contributed by atoms with Gasteiger partial charge in [-0.05, 0) is 47.5 Å². The molecular weight excluding hydrogens is 534 g/mol. The van der Waals surface area contributed by atoms with Crippen LogP contribution >= 0.6 is 11.6 Å². The smallest absolute Gasteiger partial charge is 0.266 e. The lowest BCUT2D eigenvalue weighted by molar-refractivity contribution is 0.209. The molecule has 1 aliphatic heterocycles. The van der Waals surface area contributed by atoms with Gasteiger partial charge in [0.15, 0.2) is 5.76 Å². The summed E-state index contributed by atoms with van der Waals surface area (Å²) < 4.78 is 39.0. The number of aromatic nitrogens is 1. The van der Waals surface area contributed by atoms with Gasteiger partial charge in [0.1, 0.15) is 0 Å². The molecule has 3 heterocycles. The SMILES string of the molecule is O=S(=O)(c1ccc(Cl)cc1)c1nc(-c2ccco2)oc1N1CCN(C(c2ccccc2)c2ccccc2)CC1. The van der Waals surface area contributed by atoms with Gasteiger partial charge in [-0.2, -0.15) is 4.98 Å². The van der Waals surface area contributed by atoms with E-state index >= 15 is 0 Å². The van der Waals surface area contributed by atoms with Crippen LogP contribution in [0.15, 0.2) is 122 Å². The van der Waals surface area contributed by atoms with Crippen molar-refractivity contribution < 1.29 is 17.3 Å². The van der Waals surface area contributed by atoms with E-state index in [1.165, 1.54) is 29.5 Å². The minimum Gasteiger partial charge on any atom is -0.459 e. The maximum atomic E-state index is 13.7. The fourth-order valence-corrected chi connectivity index (χ4v) is 6.42. The van der Waals surface area contributed by atoms with Gasteiger partial charge in [0.2, 0.25) is 20.7 Å². The second-order valence-electron chi connectivity index (χ2n) is 9.31. The zero-order valence-corrected chi connectivity index (χ0v) is 22.6. The molecule has 198 valence electrons. The monoisotopic (exact) mass is 559 g/mol. The molecule has 0 unspecified atom stereocenters. The van der Waals surface area contributed by atoms with Gasteiger partial charge in [-0.1, -0.05) is 72.3 Å². The molecule has 0 aliphatic carbocycles. The molecule has 6 rings (SSSR count). The minimum absolute atomic E-state index is 0.0835. The predicted molar refractivity (Wildman–Crippen MR) is 150 cm³/mol. The first-order chi connectivity index (χ1) is 19.0. The Hall–Kier alpha value is -3.85. The van der Waals surface area contributed by atoms with E-state index in [0.29, 0.717) is 37.0 Å². The Bertz CT molecular complexity index is 1590. The number of sulfone groups is 1. The lowest BCUT2D eigenvalue weighted by Crippen LogP contribution is -2.48. The lowest BCUT2D eigenvalue weighted by atomic mass is 9.96. The van der Waals surface area contributed by atoms with Crippen molar-refractivity contribution in [1.29, 1.82) is 0 Å². The summed E-state index contributed by atoms with van der Waals surface area (Å²) in [5, 5.41) is 0.320. The number of piperazine rings is 1. The molecule has 5 aromatic rings. The Morgan fingerprint density at radius 2 is 1.38 bits per heavy atom. The summed E-state index contributed by atoms with van der Waals surface area (Å²) in [5.74, 6) is 0.698. The van der Waals surface area contributed by atoms with Gasteiger partial charge in [0, 0.05) is 31.2 Å². The Balaban J connectivity index is 1.32. The molecule has 7 nitrogen and oxygen atoms in total. The van der Waals surface area contributed by atoms with Gasteiger partial charge < -0.3 is 13.7 Å².